The smallest absolute Gasteiger partial charge is 0.0547 e. The van der Waals surface area contributed by atoms with Crippen LogP contribution in [0.25, 0.3) is 93.5 Å². The van der Waals surface area contributed by atoms with Crippen LogP contribution in [0.4, 0.5) is 17.1 Å². The third kappa shape index (κ3) is 6.52. The van der Waals surface area contributed by atoms with Crippen molar-refractivity contribution in [2.24, 2.45) is 0 Å². The van der Waals surface area contributed by atoms with Crippen LogP contribution in [-0.4, -0.2) is 4.57 Å². The predicted molar refractivity (Wildman–Crippen MR) is 272 cm³/mol. The fourth-order valence-corrected chi connectivity index (χ4v) is 9.76. The monoisotopic (exact) mass is 814 g/mol. The maximum absolute atomic E-state index is 2.44. The van der Waals surface area contributed by atoms with Gasteiger partial charge < -0.3 is 9.47 Å². The Bertz CT molecular complexity index is 3660. The molecule has 2 nitrogen and oxygen atoms in total. The fourth-order valence-electron chi connectivity index (χ4n) is 9.76. The van der Waals surface area contributed by atoms with E-state index in [1.165, 1.54) is 82.3 Å². The highest BCUT2D eigenvalue weighted by molar-refractivity contribution is 6.16. The number of fused-ring (bicyclic) bond motifs is 6. The van der Waals surface area contributed by atoms with Crippen molar-refractivity contribution in [3.05, 3.63) is 255 Å². The summed E-state index contributed by atoms with van der Waals surface area (Å²) < 4.78 is 2.39. The Labute approximate surface area is 373 Å². The third-order valence-electron chi connectivity index (χ3n) is 12.7. The Morgan fingerprint density at radius 1 is 0.281 bits per heavy atom. The van der Waals surface area contributed by atoms with Crippen LogP contribution in [0.3, 0.4) is 0 Å². The van der Waals surface area contributed by atoms with Gasteiger partial charge in [0.2, 0.25) is 0 Å². The molecule has 0 amide bonds. The van der Waals surface area contributed by atoms with Crippen molar-refractivity contribution < 1.29 is 0 Å². The van der Waals surface area contributed by atoms with Gasteiger partial charge in [-0.1, -0.05) is 188 Å². The summed E-state index contributed by atoms with van der Waals surface area (Å²) in [6, 6.07) is 92.7. The van der Waals surface area contributed by atoms with Gasteiger partial charge in [0.1, 0.15) is 0 Å². The largest absolute Gasteiger partial charge is 0.310 e. The molecule has 64 heavy (non-hydrogen) atoms. The molecule has 0 unspecified atom stereocenters. The summed E-state index contributed by atoms with van der Waals surface area (Å²) in [6.45, 7) is 0. The number of para-hydroxylation sites is 2. The second kappa shape index (κ2) is 15.8. The molecular weight excluding hydrogens is 773 g/mol. The molecule has 0 aliphatic carbocycles. The molecule has 0 aliphatic rings. The molecule has 0 bridgehead atoms. The summed E-state index contributed by atoms with van der Waals surface area (Å²) in [7, 11) is 0. The molecule has 12 aromatic rings. The van der Waals surface area contributed by atoms with Gasteiger partial charge in [0, 0.05) is 33.2 Å². The summed E-state index contributed by atoms with van der Waals surface area (Å²) >= 11 is 0. The highest BCUT2D eigenvalue weighted by Crippen LogP contribution is 2.44. The topological polar surface area (TPSA) is 8.17 Å². The maximum atomic E-state index is 2.44. The Balaban J connectivity index is 0.990. The second-order valence-electron chi connectivity index (χ2n) is 16.5. The first-order chi connectivity index (χ1) is 31.7. The lowest BCUT2D eigenvalue weighted by Crippen LogP contribution is -2.10. The van der Waals surface area contributed by atoms with Gasteiger partial charge in [0.25, 0.3) is 0 Å². The number of aromatic nitrogens is 1. The molecule has 0 spiro atoms. The normalized spacial score (nSPS) is 11.4. The van der Waals surface area contributed by atoms with Gasteiger partial charge >= 0.3 is 0 Å². The number of hydrogen-bond donors (Lipinski definition) is 0. The number of hydrogen-bond acceptors (Lipinski definition) is 1. The molecule has 1 heterocycles. The Morgan fingerprint density at radius 2 is 0.797 bits per heavy atom. The molecule has 12 rings (SSSR count). The molecule has 0 radical (unpaired) electrons. The summed E-state index contributed by atoms with van der Waals surface area (Å²) in [4.78, 5) is 2.44. The van der Waals surface area contributed by atoms with Gasteiger partial charge in [-0.3, -0.25) is 0 Å². The first-order valence-corrected chi connectivity index (χ1v) is 22.0. The van der Waals surface area contributed by atoms with Crippen LogP contribution >= 0.6 is 0 Å². The third-order valence-corrected chi connectivity index (χ3v) is 12.7. The first kappa shape index (κ1) is 37.3. The van der Waals surface area contributed by atoms with Crippen molar-refractivity contribution in [1.29, 1.82) is 0 Å². The van der Waals surface area contributed by atoms with Gasteiger partial charge in [-0.15, -0.1) is 0 Å². The van der Waals surface area contributed by atoms with Crippen molar-refractivity contribution in [1.82, 2.24) is 4.57 Å². The number of benzene rings is 11. The lowest BCUT2D eigenvalue weighted by molar-refractivity contribution is 1.18. The van der Waals surface area contributed by atoms with E-state index in [0.29, 0.717) is 0 Å². The van der Waals surface area contributed by atoms with E-state index in [9.17, 15) is 0 Å². The van der Waals surface area contributed by atoms with E-state index in [-0.39, 0.29) is 0 Å². The average molecular weight is 815 g/mol. The SMILES string of the molecule is c1ccc(-c2cccc(-c3ccc(N(c4cccc(-c5cccc(-c6cccc7c6c6ccccc6n7-c6ccccc6)c5)c4)c4cc5ccccc5c5ccccc45)cc3)c2)cc1. The standard InChI is InChI=1S/C62H42N2/c1-3-17-43(18-4-1)45-20-13-21-46(39-45)44-35-37-52(38-36-44)63(61-42-50-19-7-8-28-54(50)56-29-9-10-30-57(56)61)53-27-15-23-48(41-53)47-22-14-24-49(40-47)55-32-16-34-60-62(55)58-31-11-12-33-59(58)64(60)51-25-5-2-6-26-51/h1-42H. The Hall–Kier alpha value is -8.46. The second-order valence-corrected chi connectivity index (χ2v) is 16.5. The molecule has 300 valence electrons. The minimum atomic E-state index is 1.09. The minimum absolute atomic E-state index is 1.09. The van der Waals surface area contributed by atoms with Crippen LogP contribution in [0.1, 0.15) is 0 Å². The number of nitrogens with zero attached hydrogens (tertiary/aromatic N) is 2. The number of rotatable bonds is 8. The molecule has 2 heteroatoms. The molecule has 0 saturated carbocycles. The van der Waals surface area contributed by atoms with Crippen LogP contribution in [0, 0.1) is 0 Å². The van der Waals surface area contributed by atoms with Gasteiger partial charge in [-0.25, -0.2) is 0 Å². The molecule has 1 aromatic heterocycles. The predicted octanol–water partition coefficient (Wildman–Crippen LogP) is 17.2. The zero-order valence-corrected chi connectivity index (χ0v) is 35.1. The zero-order chi connectivity index (χ0) is 42.4. The Kier molecular flexibility index (Phi) is 9.20. The van der Waals surface area contributed by atoms with E-state index in [2.05, 4.69) is 264 Å². The van der Waals surface area contributed by atoms with Crippen molar-refractivity contribution in [3.63, 3.8) is 0 Å². The fraction of sp³-hybridized carbons (Fsp3) is 0. The molecule has 0 aliphatic heterocycles. The molecule has 0 saturated heterocycles. The van der Waals surface area contributed by atoms with Crippen LogP contribution in [0.5, 0.6) is 0 Å². The zero-order valence-electron chi connectivity index (χ0n) is 35.1. The molecule has 0 atom stereocenters. The first-order valence-electron chi connectivity index (χ1n) is 22.0. The van der Waals surface area contributed by atoms with E-state index < -0.39 is 0 Å². The molecule has 11 aromatic carbocycles. The van der Waals surface area contributed by atoms with E-state index >= 15 is 0 Å². The molecule has 0 N–H and O–H groups in total. The van der Waals surface area contributed by atoms with Crippen LogP contribution < -0.4 is 4.90 Å². The van der Waals surface area contributed by atoms with E-state index in [0.717, 1.165) is 28.3 Å². The Morgan fingerprint density at radius 3 is 1.56 bits per heavy atom. The summed E-state index contributed by atoms with van der Waals surface area (Å²) in [5, 5.41) is 7.41. The quantitative estimate of drug-likeness (QED) is 0.139. The van der Waals surface area contributed by atoms with Crippen molar-refractivity contribution in [2.75, 3.05) is 4.90 Å². The van der Waals surface area contributed by atoms with E-state index in [4.69, 9.17) is 0 Å². The van der Waals surface area contributed by atoms with Crippen LogP contribution in [0.15, 0.2) is 255 Å². The van der Waals surface area contributed by atoms with Crippen LogP contribution in [0.2, 0.25) is 0 Å². The maximum Gasteiger partial charge on any atom is 0.0547 e. The van der Waals surface area contributed by atoms with Gasteiger partial charge in [0.05, 0.1) is 16.7 Å². The lowest BCUT2D eigenvalue weighted by atomic mass is 9.95. The highest BCUT2D eigenvalue weighted by atomic mass is 15.1. The summed E-state index contributed by atoms with van der Waals surface area (Å²) in [5.41, 5.74) is 16.4. The van der Waals surface area contributed by atoms with Crippen molar-refractivity contribution in [3.8, 4) is 50.2 Å². The highest BCUT2D eigenvalue weighted by Gasteiger charge is 2.20. The van der Waals surface area contributed by atoms with Gasteiger partial charge in [-0.05, 0) is 127 Å². The van der Waals surface area contributed by atoms with Gasteiger partial charge in [-0.2, -0.15) is 0 Å². The van der Waals surface area contributed by atoms with E-state index in [1.807, 2.05) is 0 Å². The van der Waals surface area contributed by atoms with Crippen molar-refractivity contribution in [2.45, 2.75) is 0 Å². The number of anilines is 3. The minimum Gasteiger partial charge on any atom is -0.310 e. The average Bonchev–Trinajstić information content (AvgIpc) is 3.72. The molecule has 0 fully saturated rings. The van der Waals surface area contributed by atoms with E-state index in [1.54, 1.807) is 0 Å². The van der Waals surface area contributed by atoms with Crippen molar-refractivity contribution >= 4 is 60.4 Å². The van der Waals surface area contributed by atoms with Gasteiger partial charge in [0.15, 0.2) is 0 Å². The summed E-state index contributed by atoms with van der Waals surface area (Å²) in [5.74, 6) is 0. The summed E-state index contributed by atoms with van der Waals surface area (Å²) in [6.07, 6.45) is 0. The molecular formula is C62H42N2. The van der Waals surface area contributed by atoms with Crippen LogP contribution in [-0.2, 0) is 0 Å². The lowest BCUT2D eigenvalue weighted by Gasteiger charge is -2.28.